The summed E-state index contributed by atoms with van der Waals surface area (Å²) in [5, 5.41) is 5.05. The third-order valence-corrected chi connectivity index (χ3v) is 2.87. The molecule has 0 aromatic heterocycles. The molecule has 0 spiro atoms. The minimum Gasteiger partial charge on any atom is -0.497 e. The van der Waals surface area contributed by atoms with Gasteiger partial charge in [0.2, 0.25) is 5.91 Å². The van der Waals surface area contributed by atoms with Crippen molar-refractivity contribution in [3.63, 3.8) is 0 Å². The molecule has 0 atom stereocenters. The van der Waals surface area contributed by atoms with Gasteiger partial charge in [-0.3, -0.25) is 9.59 Å². The predicted octanol–water partition coefficient (Wildman–Crippen LogP) is 2.20. The van der Waals surface area contributed by atoms with Gasteiger partial charge in [-0.2, -0.15) is 0 Å². The highest BCUT2D eigenvalue weighted by atomic mass is 19.1. The third-order valence-electron chi connectivity index (χ3n) is 2.87. The van der Waals surface area contributed by atoms with Crippen molar-refractivity contribution in [1.29, 1.82) is 0 Å². The number of benzene rings is 2. The lowest BCUT2D eigenvalue weighted by Crippen LogP contribution is -2.32. The monoisotopic (exact) mass is 302 g/mol. The molecule has 6 heteroatoms. The molecule has 0 fully saturated rings. The van der Waals surface area contributed by atoms with Gasteiger partial charge >= 0.3 is 0 Å². The second-order valence-electron chi connectivity index (χ2n) is 4.47. The maximum Gasteiger partial charge on any atom is 0.251 e. The number of nitrogens with one attached hydrogen (secondary N) is 2. The van der Waals surface area contributed by atoms with Gasteiger partial charge < -0.3 is 15.4 Å². The lowest BCUT2D eigenvalue weighted by atomic mass is 10.2. The summed E-state index contributed by atoms with van der Waals surface area (Å²) in [7, 11) is 1.55. The van der Waals surface area contributed by atoms with Crippen LogP contribution in [0.5, 0.6) is 5.75 Å². The molecule has 2 N–H and O–H groups in total. The first kappa shape index (κ1) is 15.5. The van der Waals surface area contributed by atoms with Gasteiger partial charge in [-0.05, 0) is 42.5 Å². The highest BCUT2D eigenvalue weighted by Crippen LogP contribution is 2.14. The largest absolute Gasteiger partial charge is 0.497 e. The summed E-state index contributed by atoms with van der Waals surface area (Å²) in [6.45, 7) is -0.207. The van der Waals surface area contributed by atoms with Crippen LogP contribution in [0.2, 0.25) is 0 Å². The number of amides is 2. The quantitative estimate of drug-likeness (QED) is 0.890. The molecule has 2 rings (SSSR count). The highest BCUT2D eigenvalue weighted by Gasteiger charge is 2.09. The zero-order chi connectivity index (χ0) is 15.9. The molecule has 2 amide bonds. The predicted molar refractivity (Wildman–Crippen MR) is 80.4 cm³/mol. The van der Waals surface area contributed by atoms with Gasteiger partial charge in [-0.25, -0.2) is 4.39 Å². The van der Waals surface area contributed by atoms with Crippen molar-refractivity contribution in [2.75, 3.05) is 19.0 Å². The number of carbonyl (C=O) groups excluding carboxylic acids is 2. The van der Waals surface area contributed by atoms with Gasteiger partial charge in [0.15, 0.2) is 0 Å². The van der Waals surface area contributed by atoms with Crippen LogP contribution in [0.15, 0.2) is 48.5 Å². The summed E-state index contributed by atoms with van der Waals surface area (Å²) in [4.78, 5) is 23.5. The van der Waals surface area contributed by atoms with E-state index < -0.39 is 11.7 Å². The van der Waals surface area contributed by atoms with Crippen molar-refractivity contribution in [3.8, 4) is 5.75 Å². The fourth-order valence-electron chi connectivity index (χ4n) is 1.77. The summed E-state index contributed by atoms with van der Waals surface area (Å²) in [5.41, 5.74) is 0.753. The molecule has 0 aliphatic rings. The number of methoxy groups -OCH3 is 1. The second-order valence-corrected chi connectivity index (χ2v) is 4.47. The Morgan fingerprint density at radius 3 is 2.50 bits per heavy atom. The Morgan fingerprint density at radius 1 is 1.14 bits per heavy atom. The molecule has 0 aliphatic carbocycles. The lowest BCUT2D eigenvalue weighted by Gasteiger charge is -2.08. The number of halogens is 1. The van der Waals surface area contributed by atoms with E-state index in [2.05, 4.69) is 10.6 Å². The van der Waals surface area contributed by atoms with Crippen LogP contribution in [-0.2, 0) is 4.79 Å². The molecule has 0 unspecified atom stereocenters. The van der Waals surface area contributed by atoms with E-state index in [1.807, 2.05) is 0 Å². The van der Waals surface area contributed by atoms with E-state index in [1.165, 1.54) is 18.2 Å². The van der Waals surface area contributed by atoms with Crippen LogP contribution in [0, 0.1) is 5.82 Å². The number of hydrogen-bond donors (Lipinski definition) is 2. The van der Waals surface area contributed by atoms with Crippen molar-refractivity contribution < 1.29 is 18.7 Å². The van der Waals surface area contributed by atoms with E-state index >= 15 is 0 Å². The van der Waals surface area contributed by atoms with Gasteiger partial charge in [0.25, 0.3) is 5.91 Å². The number of hydrogen-bond acceptors (Lipinski definition) is 3. The molecule has 114 valence electrons. The molecule has 0 bridgehead atoms. The molecule has 2 aromatic carbocycles. The van der Waals surface area contributed by atoms with Crippen LogP contribution in [0.4, 0.5) is 10.1 Å². The third kappa shape index (κ3) is 4.31. The molecule has 0 saturated carbocycles. The van der Waals surface area contributed by atoms with Crippen molar-refractivity contribution in [1.82, 2.24) is 5.32 Å². The Hall–Kier alpha value is -2.89. The first-order valence-electron chi connectivity index (χ1n) is 6.56. The Kier molecular flexibility index (Phi) is 5.08. The Bertz CT molecular complexity index is 671. The number of rotatable bonds is 5. The van der Waals surface area contributed by atoms with E-state index in [9.17, 15) is 14.0 Å². The number of anilines is 1. The van der Waals surface area contributed by atoms with Crippen LogP contribution in [0.25, 0.3) is 0 Å². The van der Waals surface area contributed by atoms with Crippen molar-refractivity contribution in [2.24, 2.45) is 0 Å². The maximum atomic E-state index is 13.0. The lowest BCUT2D eigenvalue weighted by molar-refractivity contribution is -0.115. The first-order valence-corrected chi connectivity index (χ1v) is 6.56. The Labute approximate surface area is 127 Å². The minimum absolute atomic E-state index is 0.164. The van der Waals surface area contributed by atoms with E-state index in [1.54, 1.807) is 31.4 Å². The van der Waals surface area contributed by atoms with Gasteiger partial charge in [0.1, 0.15) is 11.6 Å². The molecule has 0 saturated heterocycles. The smallest absolute Gasteiger partial charge is 0.251 e. The summed E-state index contributed by atoms with van der Waals surface area (Å²) in [5.74, 6) is -0.716. The molecule has 2 aromatic rings. The average Bonchev–Trinajstić information content (AvgIpc) is 2.53. The van der Waals surface area contributed by atoms with Crippen LogP contribution in [-0.4, -0.2) is 25.5 Å². The second kappa shape index (κ2) is 7.21. The molecule has 0 aliphatic heterocycles. The van der Waals surface area contributed by atoms with Gasteiger partial charge in [-0.1, -0.05) is 6.07 Å². The van der Waals surface area contributed by atoms with Crippen LogP contribution in [0.1, 0.15) is 10.4 Å². The summed E-state index contributed by atoms with van der Waals surface area (Å²) in [6, 6.07) is 12.0. The first-order chi connectivity index (χ1) is 10.6. The average molecular weight is 302 g/mol. The van der Waals surface area contributed by atoms with Crippen molar-refractivity contribution in [2.45, 2.75) is 0 Å². The Morgan fingerprint density at radius 2 is 1.86 bits per heavy atom. The molecule has 5 nitrogen and oxygen atoms in total. The summed E-state index contributed by atoms with van der Waals surface area (Å²) >= 11 is 0. The molecule has 0 radical (unpaired) electrons. The van der Waals surface area contributed by atoms with Gasteiger partial charge in [0.05, 0.1) is 13.7 Å². The number of ether oxygens (including phenoxy) is 1. The van der Waals surface area contributed by atoms with Crippen LogP contribution < -0.4 is 15.4 Å². The summed E-state index contributed by atoms with van der Waals surface area (Å²) in [6.07, 6.45) is 0. The summed E-state index contributed by atoms with van der Waals surface area (Å²) < 4.78 is 18.0. The van der Waals surface area contributed by atoms with Crippen molar-refractivity contribution >= 4 is 17.5 Å². The van der Waals surface area contributed by atoms with E-state index in [4.69, 9.17) is 4.74 Å². The maximum absolute atomic E-state index is 13.0. The fourth-order valence-corrected chi connectivity index (χ4v) is 1.77. The standard InChI is InChI=1S/C16H15FN2O3/c1-22-14-7-5-13(6-8-14)19-15(20)10-18-16(21)11-3-2-4-12(17)9-11/h2-9H,10H2,1H3,(H,18,21)(H,19,20). The van der Waals surface area contributed by atoms with E-state index in [0.717, 1.165) is 6.07 Å². The molecular formula is C16H15FN2O3. The number of carbonyl (C=O) groups is 2. The Balaban J connectivity index is 1.85. The van der Waals surface area contributed by atoms with Crippen LogP contribution in [0.3, 0.4) is 0 Å². The van der Waals surface area contributed by atoms with Crippen LogP contribution >= 0.6 is 0 Å². The van der Waals surface area contributed by atoms with Gasteiger partial charge in [0, 0.05) is 11.3 Å². The van der Waals surface area contributed by atoms with Crippen molar-refractivity contribution in [3.05, 3.63) is 59.9 Å². The van der Waals surface area contributed by atoms with Gasteiger partial charge in [-0.15, -0.1) is 0 Å². The molecule has 0 heterocycles. The zero-order valence-electron chi connectivity index (χ0n) is 11.9. The normalized spacial score (nSPS) is 9.91. The zero-order valence-corrected chi connectivity index (χ0v) is 11.9. The van der Waals surface area contributed by atoms with E-state index in [0.29, 0.717) is 11.4 Å². The van der Waals surface area contributed by atoms with E-state index in [-0.39, 0.29) is 18.0 Å². The topological polar surface area (TPSA) is 67.4 Å². The SMILES string of the molecule is COc1ccc(NC(=O)CNC(=O)c2cccc(F)c2)cc1. The molecule has 22 heavy (non-hydrogen) atoms. The minimum atomic E-state index is -0.510. The highest BCUT2D eigenvalue weighted by molar-refractivity contribution is 5.99. The molecular weight excluding hydrogens is 287 g/mol. The fraction of sp³-hybridized carbons (Fsp3) is 0.125.